The van der Waals surface area contributed by atoms with Crippen molar-refractivity contribution in [2.24, 2.45) is 23.6 Å². The number of nitrogens with zero attached hydrogens (tertiary/aromatic N) is 1. The largest absolute Gasteiger partial charge is 0.460 e. The summed E-state index contributed by atoms with van der Waals surface area (Å²) < 4.78 is 5.57. The van der Waals surface area contributed by atoms with Gasteiger partial charge in [-0.1, -0.05) is 32.1 Å². The second kappa shape index (κ2) is 5.80. The molecule has 2 fully saturated rings. The third kappa shape index (κ3) is 3.93. The highest BCUT2D eigenvalue weighted by molar-refractivity contribution is 5.74. The average Bonchev–Trinajstić information content (AvgIpc) is 2.70. The molecule has 0 aromatic carbocycles. The molecule has 0 aromatic heterocycles. The van der Waals surface area contributed by atoms with Crippen molar-refractivity contribution in [3.63, 3.8) is 0 Å². The van der Waals surface area contributed by atoms with Crippen LogP contribution < -0.4 is 5.84 Å². The van der Waals surface area contributed by atoms with Crippen molar-refractivity contribution in [3.05, 3.63) is 0 Å². The molecule has 2 rings (SSSR count). The number of hydrogen-bond acceptors (Lipinski definition) is 4. The third-order valence-corrected chi connectivity index (χ3v) is 4.36. The summed E-state index contributed by atoms with van der Waals surface area (Å²) in [6, 6.07) is 0. The van der Waals surface area contributed by atoms with Crippen LogP contribution in [0.3, 0.4) is 0 Å². The summed E-state index contributed by atoms with van der Waals surface area (Å²) >= 11 is 0. The van der Waals surface area contributed by atoms with Crippen molar-refractivity contribution in [2.75, 3.05) is 13.1 Å². The highest BCUT2D eigenvalue weighted by Gasteiger charge is 2.42. The van der Waals surface area contributed by atoms with E-state index in [-0.39, 0.29) is 11.9 Å². The molecule has 1 aliphatic heterocycles. The number of rotatable bonds is 2. The fraction of sp³-hybridized carbons (Fsp3) is 0.933. The van der Waals surface area contributed by atoms with Crippen LogP contribution >= 0.6 is 0 Å². The predicted molar refractivity (Wildman–Crippen MR) is 75.2 cm³/mol. The number of esters is 1. The van der Waals surface area contributed by atoms with Gasteiger partial charge in [-0.2, -0.15) is 0 Å². The Hall–Kier alpha value is -0.610. The van der Waals surface area contributed by atoms with E-state index in [0.717, 1.165) is 6.54 Å². The Labute approximate surface area is 116 Å². The number of hydrazine groups is 1. The molecule has 2 atom stereocenters. The summed E-state index contributed by atoms with van der Waals surface area (Å²) in [7, 11) is 0. The van der Waals surface area contributed by atoms with Crippen molar-refractivity contribution in [2.45, 2.75) is 58.5 Å². The summed E-state index contributed by atoms with van der Waals surface area (Å²) in [5.41, 5.74) is -0.407. The van der Waals surface area contributed by atoms with Crippen LogP contribution in [-0.4, -0.2) is 29.7 Å². The minimum Gasteiger partial charge on any atom is -0.460 e. The molecule has 0 amide bonds. The molecule has 1 saturated heterocycles. The van der Waals surface area contributed by atoms with E-state index in [1.807, 2.05) is 20.8 Å². The first-order valence-electron chi connectivity index (χ1n) is 7.59. The zero-order valence-electron chi connectivity index (χ0n) is 12.5. The fourth-order valence-corrected chi connectivity index (χ4v) is 3.53. The lowest BCUT2D eigenvalue weighted by atomic mass is 9.75. The summed E-state index contributed by atoms with van der Waals surface area (Å²) in [6.45, 7) is 7.27. The van der Waals surface area contributed by atoms with Gasteiger partial charge in [0.15, 0.2) is 0 Å². The molecule has 0 unspecified atom stereocenters. The van der Waals surface area contributed by atoms with Gasteiger partial charge in [0.25, 0.3) is 0 Å². The van der Waals surface area contributed by atoms with Crippen LogP contribution in [-0.2, 0) is 9.53 Å². The molecule has 1 aliphatic carbocycles. The summed E-state index contributed by atoms with van der Waals surface area (Å²) in [5.74, 6) is 6.90. The molecule has 110 valence electrons. The number of nitrogens with two attached hydrogens (primary N) is 1. The molecule has 0 bridgehead atoms. The number of carbonyl (C=O) groups excluding carboxylic acids is 1. The van der Waals surface area contributed by atoms with E-state index in [0.29, 0.717) is 18.4 Å². The van der Waals surface area contributed by atoms with Gasteiger partial charge in [-0.3, -0.25) is 10.6 Å². The minimum absolute atomic E-state index is 0.0349. The van der Waals surface area contributed by atoms with Crippen LogP contribution in [0.5, 0.6) is 0 Å². The molecule has 2 aliphatic rings. The van der Waals surface area contributed by atoms with E-state index in [1.165, 1.54) is 32.1 Å². The van der Waals surface area contributed by atoms with Crippen LogP contribution in [0, 0.1) is 17.8 Å². The van der Waals surface area contributed by atoms with E-state index in [9.17, 15) is 4.79 Å². The second-order valence-electron chi connectivity index (χ2n) is 7.16. The van der Waals surface area contributed by atoms with Gasteiger partial charge in [-0.05, 0) is 32.6 Å². The number of hydrogen-bond donors (Lipinski definition) is 1. The van der Waals surface area contributed by atoms with Crippen molar-refractivity contribution in [1.82, 2.24) is 5.01 Å². The topological polar surface area (TPSA) is 55.6 Å². The standard InChI is InChI=1S/C15H28N2O2/c1-15(2,3)19-14(18)13-10-17(16)9-12(13)11-7-5-4-6-8-11/h11-13H,4-10,16H2,1-3H3/t12-,13+/m0/s1. The monoisotopic (exact) mass is 268 g/mol. The zero-order valence-corrected chi connectivity index (χ0v) is 12.5. The van der Waals surface area contributed by atoms with Gasteiger partial charge in [0.2, 0.25) is 0 Å². The Morgan fingerprint density at radius 1 is 1.16 bits per heavy atom. The fourth-order valence-electron chi connectivity index (χ4n) is 3.53. The SMILES string of the molecule is CC(C)(C)OC(=O)[C@@H]1CN(N)C[C@H]1C1CCCCC1. The smallest absolute Gasteiger partial charge is 0.311 e. The summed E-state index contributed by atoms with van der Waals surface area (Å²) in [4.78, 5) is 12.4. The van der Waals surface area contributed by atoms with Crippen molar-refractivity contribution >= 4 is 5.97 Å². The van der Waals surface area contributed by atoms with Gasteiger partial charge in [-0.15, -0.1) is 0 Å². The average molecular weight is 268 g/mol. The maximum atomic E-state index is 12.4. The normalized spacial score (nSPS) is 30.5. The molecule has 4 heteroatoms. The van der Waals surface area contributed by atoms with Crippen LogP contribution in [0.2, 0.25) is 0 Å². The maximum absolute atomic E-state index is 12.4. The Morgan fingerprint density at radius 2 is 1.79 bits per heavy atom. The molecule has 0 radical (unpaired) electrons. The zero-order chi connectivity index (χ0) is 14.0. The highest BCUT2D eigenvalue weighted by Crippen LogP contribution is 2.38. The number of carbonyl (C=O) groups is 1. The van der Waals surface area contributed by atoms with Crippen LogP contribution in [0.25, 0.3) is 0 Å². The Morgan fingerprint density at radius 3 is 2.37 bits per heavy atom. The predicted octanol–water partition coefficient (Wildman–Crippen LogP) is 2.33. The first-order valence-corrected chi connectivity index (χ1v) is 7.59. The quantitative estimate of drug-likeness (QED) is 0.617. The molecule has 19 heavy (non-hydrogen) atoms. The summed E-state index contributed by atoms with van der Waals surface area (Å²) in [5, 5.41) is 1.80. The molecule has 0 aromatic rings. The maximum Gasteiger partial charge on any atom is 0.311 e. The van der Waals surface area contributed by atoms with E-state index in [4.69, 9.17) is 10.6 Å². The molecule has 2 N–H and O–H groups in total. The van der Waals surface area contributed by atoms with E-state index >= 15 is 0 Å². The van der Waals surface area contributed by atoms with Gasteiger partial charge in [0, 0.05) is 13.1 Å². The van der Waals surface area contributed by atoms with Crippen LogP contribution in [0.1, 0.15) is 52.9 Å². The van der Waals surface area contributed by atoms with Crippen LogP contribution in [0.15, 0.2) is 0 Å². The Kier molecular flexibility index (Phi) is 4.51. The minimum atomic E-state index is -0.407. The lowest BCUT2D eigenvalue weighted by Gasteiger charge is -2.31. The molecule has 1 heterocycles. The highest BCUT2D eigenvalue weighted by atomic mass is 16.6. The first-order chi connectivity index (χ1) is 8.87. The van der Waals surface area contributed by atoms with Gasteiger partial charge in [0.05, 0.1) is 5.92 Å². The second-order valence-corrected chi connectivity index (χ2v) is 7.16. The van der Waals surface area contributed by atoms with Crippen molar-refractivity contribution in [3.8, 4) is 0 Å². The molecular formula is C15H28N2O2. The Bertz CT molecular complexity index is 319. The first kappa shape index (κ1) is 14.8. The van der Waals surface area contributed by atoms with Gasteiger partial charge in [0.1, 0.15) is 5.60 Å². The van der Waals surface area contributed by atoms with Gasteiger partial charge >= 0.3 is 5.97 Å². The van der Waals surface area contributed by atoms with Crippen molar-refractivity contribution in [1.29, 1.82) is 0 Å². The van der Waals surface area contributed by atoms with E-state index < -0.39 is 5.60 Å². The molecule has 4 nitrogen and oxygen atoms in total. The van der Waals surface area contributed by atoms with E-state index in [2.05, 4.69) is 0 Å². The molecule has 1 saturated carbocycles. The van der Waals surface area contributed by atoms with E-state index in [1.54, 1.807) is 5.01 Å². The van der Waals surface area contributed by atoms with Gasteiger partial charge in [-0.25, -0.2) is 5.01 Å². The van der Waals surface area contributed by atoms with Crippen LogP contribution in [0.4, 0.5) is 0 Å². The Balaban J connectivity index is 2.02. The molecular weight excluding hydrogens is 240 g/mol. The number of ether oxygens (including phenoxy) is 1. The third-order valence-electron chi connectivity index (χ3n) is 4.36. The lowest BCUT2D eigenvalue weighted by Crippen LogP contribution is -2.35. The van der Waals surface area contributed by atoms with Crippen molar-refractivity contribution < 1.29 is 9.53 Å². The summed E-state index contributed by atoms with van der Waals surface area (Å²) in [6.07, 6.45) is 6.43. The van der Waals surface area contributed by atoms with Gasteiger partial charge < -0.3 is 4.74 Å². The molecule has 0 spiro atoms. The lowest BCUT2D eigenvalue weighted by molar-refractivity contribution is -0.161.